The molecule has 0 atom stereocenters. The number of amides is 1. The largest absolute Gasteiger partial charge is 0.338 e. The fraction of sp³-hybridized carbons (Fsp3) is 0.524. The van der Waals surface area contributed by atoms with Gasteiger partial charge in [0.1, 0.15) is 5.82 Å². The predicted octanol–water partition coefficient (Wildman–Crippen LogP) is 4.24. The highest BCUT2D eigenvalue weighted by molar-refractivity contribution is 5.94. The maximum absolute atomic E-state index is 12.7. The van der Waals surface area contributed by atoms with Gasteiger partial charge in [-0.15, -0.1) is 0 Å². The van der Waals surface area contributed by atoms with Crippen molar-refractivity contribution in [1.29, 1.82) is 0 Å². The number of aromatic nitrogens is 2. The van der Waals surface area contributed by atoms with E-state index in [1.54, 1.807) is 0 Å². The molecule has 2 aromatic rings. The number of piperidine rings is 1. The van der Waals surface area contributed by atoms with E-state index >= 15 is 0 Å². The van der Waals surface area contributed by atoms with E-state index in [0.29, 0.717) is 12.0 Å². The quantitative estimate of drug-likeness (QED) is 0.840. The standard InChI is InChI=1S/C21H27N3O/c1-15-5-3-8-18(13-15)21(25)23-11-9-19(10-12-23)24-16(2)14-22-20(24)17-6-4-7-17/h3,5,8,13-14,17,19H,4,6-7,9-12H2,1-2H3. The number of likely N-dealkylation sites (tertiary alicyclic amines) is 1. The number of carbonyl (C=O) groups is 1. The molecule has 4 heteroatoms. The van der Waals surface area contributed by atoms with E-state index in [1.807, 2.05) is 42.3 Å². The van der Waals surface area contributed by atoms with Gasteiger partial charge >= 0.3 is 0 Å². The van der Waals surface area contributed by atoms with Crippen molar-refractivity contribution in [2.45, 2.75) is 57.9 Å². The van der Waals surface area contributed by atoms with Gasteiger partial charge in [0.15, 0.2) is 0 Å². The minimum Gasteiger partial charge on any atom is -0.338 e. The Morgan fingerprint density at radius 1 is 1.12 bits per heavy atom. The van der Waals surface area contributed by atoms with Gasteiger partial charge in [-0.3, -0.25) is 4.79 Å². The Morgan fingerprint density at radius 3 is 2.52 bits per heavy atom. The third-order valence-corrected chi connectivity index (χ3v) is 5.86. The molecule has 0 unspecified atom stereocenters. The highest BCUT2D eigenvalue weighted by Gasteiger charge is 2.30. The third kappa shape index (κ3) is 3.10. The highest BCUT2D eigenvalue weighted by Crippen LogP contribution is 2.38. The van der Waals surface area contributed by atoms with Crippen molar-refractivity contribution in [3.8, 4) is 0 Å². The van der Waals surface area contributed by atoms with Crippen molar-refractivity contribution in [1.82, 2.24) is 14.5 Å². The Morgan fingerprint density at radius 2 is 1.88 bits per heavy atom. The maximum atomic E-state index is 12.7. The van der Waals surface area contributed by atoms with Gasteiger partial charge in [0.2, 0.25) is 0 Å². The molecule has 1 aliphatic carbocycles. The summed E-state index contributed by atoms with van der Waals surface area (Å²) >= 11 is 0. The summed E-state index contributed by atoms with van der Waals surface area (Å²) in [5, 5.41) is 0. The Kier molecular flexibility index (Phi) is 4.36. The van der Waals surface area contributed by atoms with Crippen LogP contribution in [0.15, 0.2) is 30.5 Å². The smallest absolute Gasteiger partial charge is 0.253 e. The van der Waals surface area contributed by atoms with E-state index in [0.717, 1.165) is 37.1 Å². The molecule has 132 valence electrons. The van der Waals surface area contributed by atoms with Gasteiger partial charge in [0, 0.05) is 42.5 Å². The van der Waals surface area contributed by atoms with Crippen LogP contribution in [0.5, 0.6) is 0 Å². The van der Waals surface area contributed by atoms with Crippen LogP contribution in [0.2, 0.25) is 0 Å². The summed E-state index contributed by atoms with van der Waals surface area (Å²) in [7, 11) is 0. The van der Waals surface area contributed by atoms with Crippen molar-refractivity contribution in [3.63, 3.8) is 0 Å². The van der Waals surface area contributed by atoms with Crippen molar-refractivity contribution in [2.75, 3.05) is 13.1 Å². The first kappa shape index (κ1) is 16.4. The molecule has 0 N–H and O–H groups in total. The summed E-state index contributed by atoms with van der Waals surface area (Å²) in [6.07, 6.45) is 7.96. The molecule has 1 aliphatic heterocycles. The first-order valence-corrected chi connectivity index (χ1v) is 9.53. The van der Waals surface area contributed by atoms with Crippen molar-refractivity contribution in [2.24, 2.45) is 0 Å². The lowest BCUT2D eigenvalue weighted by molar-refractivity contribution is 0.0692. The topological polar surface area (TPSA) is 38.1 Å². The number of aryl methyl sites for hydroxylation is 2. The molecule has 1 saturated carbocycles. The van der Waals surface area contributed by atoms with Gasteiger partial charge in [0.25, 0.3) is 5.91 Å². The van der Waals surface area contributed by atoms with Crippen LogP contribution < -0.4 is 0 Å². The summed E-state index contributed by atoms with van der Waals surface area (Å²) in [5.41, 5.74) is 3.22. The minimum absolute atomic E-state index is 0.170. The molecule has 4 rings (SSSR count). The molecule has 1 amide bonds. The SMILES string of the molecule is Cc1cccc(C(=O)N2CCC(n3c(C)cnc3C3CCC3)CC2)c1. The summed E-state index contributed by atoms with van der Waals surface area (Å²) in [4.78, 5) is 19.5. The predicted molar refractivity (Wildman–Crippen MR) is 98.9 cm³/mol. The molecule has 0 bridgehead atoms. The monoisotopic (exact) mass is 337 g/mol. The minimum atomic E-state index is 0.170. The van der Waals surface area contributed by atoms with Crippen LogP contribution in [0.1, 0.15) is 71.5 Å². The van der Waals surface area contributed by atoms with E-state index in [9.17, 15) is 4.79 Å². The zero-order chi connectivity index (χ0) is 17.4. The zero-order valence-corrected chi connectivity index (χ0v) is 15.2. The number of nitrogens with zero attached hydrogens (tertiary/aromatic N) is 3. The fourth-order valence-electron chi connectivity index (χ4n) is 4.20. The Labute approximate surface area is 149 Å². The second kappa shape index (κ2) is 6.66. The number of hydrogen-bond donors (Lipinski definition) is 0. The van der Waals surface area contributed by atoms with Crippen LogP contribution in [0, 0.1) is 13.8 Å². The molecule has 0 spiro atoms. The van der Waals surface area contributed by atoms with Crippen LogP contribution in [0.3, 0.4) is 0 Å². The van der Waals surface area contributed by atoms with Crippen LogP contribution in [-0.4, -0.2) is 33.4 Å². The Hall–Kier alpha value is -2.10. The van der Waals surface area contributed by atoms with Gasteiger partial charge in [-0.1, -0.05) is 24.1 Å². The Bertz CT molecular complexity index is 767. The fourth-order valence-corrected chi connectivity index (χ4v) is 4.20. The molecule has 2 aliphatic rings. The molecule has 2 heterocycles. The molecule has 2 fully saturated rings. The maximum Gasteiger partial charge on any atom is 0.253 e. The van der Waals surface area contributed by atoms with Crippen LogP contribution >= 0.6 is 0 Å². The van der Waals surface area contributed by atoms with Crippen molar-refractivity contribution >= 4 is 5.91 Å². The summed E-state index contributed by atoms with van der Waals surface area (Å²) < 4.78 is 2.47. The van der Waals surface area contributed by atoms with E-state index < -0.39 is 0 Å². The number of carbonyl (C=O) groups excluding carboxylic acids is 1. The normalized spacial score (nSPS) is 19.0. The van der Waals surface area contributed by atoms with E-state index in [1.165, 1.54) is 30.8 Å². The molecule has 4 nitrogen and oxygen atoms in total. The van der Waals surface area contributed by atoms with Crippen molar-refractivity contribution < 1.29 is 4.79 Å². The van der Waals surface area contributed by atoms with Crippen LogP contribution in [-0.2, 0) is 0 Å². The second-order valence-corrected chi connectivity index (χ2v) is 7.65. The molecular formula is C21H27N3O. The first-order chi connectivity index (χ1) is 12.1. The number of imidazole rings is 1. The molecule has 1 aromatic carbocycles. The van der Waals surface area contributed by atoms with Gasteiger partial charge in [-0.25, -0.2) is 4.98 Å². The second-order valence-electron chi connectivity index (χ2n) is 7.65. The average molecular weight is 337 g/mol. The van der Waals surface area contributed by atoms with E-state index in [-0.39, 0.29) is 5.91 Å². The van der Waals surface area contributed by atoms with Gasteiger partial charge in [-0.05, 0) is 51.7 Å². The Balaban J connectivity index is 1.45. The van der Waals surface area contributed by atoms with Crippen molar-refractivity contribution in [3.05, 3.63) is 53.1 Å². The first-order valence-electron chi connectivity index (χ1n) is 9.53. The number of rotatable bonds is 3. The van der Waals surface area contributed by atoms with Crippen LogP contribution in [0.4, 0.5) is 0 Å². The summed E-state index contributed by atoms with van der Waals surface area (Å²) in [5.74, 6) is 2.11. The van der Waals surface area contributed by atoms with E-state index in [2.05, 4.69) is 11.5 Å². The lowest BCUT2D eigenvalue weighted by atomic mass is 9.84. The van der Waals surface area contributed by atoms with E-state index in [4.69, 9.17) is 4.98 Å². The van der Waals surface area contributed by atoms with Gasteiger partial charge < -0.3 is 9.47 Å². The van der Waals surface area contributed by atoms with Gasteiger partial charge in [0.05, 0.1) is 0 Å². The molecule has 1 saturated heterocycles. The third-order valence-electron chi connectivity index (χ3n) is 5.86. The summed E-state index contributed by atoms with van der Waals surface area (Å²) in [6.45, 7) is 5.87. The summed E-state index contributed by atoms with van der Waals surface area (Å²) in [6, 6.07) is 8.40. The lowest BCUT2D eigenvalue weighted by Crippen LogP contribution is -2.39. The molecule has 0 radical (unpaired) electrons. The lowest BCUT2D eigenvalue weighted by Gasteiger charge is -2.36. The van der Waals surface area contributed by atoms with Gasteiger partial charge in [-0.2, -0.15) is 0 Å². The number of benzene rings is 1. The molecule has 25 heavy (non-hydrogen) atoms. The molecular weight excluding hydrogens is 310 g/mol. The van der Waals surface area contributed by atoms with Crippen LogP contribution in [0.25, 0.3) is 0 Å². The molecule has 1 aromatic heterocycles. The average Bonchev–Trinajstić information content (AvgIpc) is 2.94. The zero-order valence-electron chi connectivity index (χ0n) is 15.2. The number of hydrogen-bond acceptors (Lipinski definition) is 2. The highest BCUT2D eigenvalue weighted by atomic mass is 16.2.